The first kappa shape index (κ1) is 13.0. The van der Waals surface area contributed by atoms with Crippen molar-refractivity contribution in [2.24, 2.45) is 5.92 Å². The van der Waals surface area contributed by atoms with Gasteiger partial charge < -0.3 is 10.1 Å². The van der Waals surface area contributed by atoms with E-state index in [-0.39, 0.29) is 0 Å². The zero-order chi connectivity index (χ0) is 12.0. The van der Waals surface area contributed by atoms with Crippen LogP contribution >= 0.6 is 0 Å². The van der Waals surface area contributed by atoms with Gasteiger partial charge in [-0.15, -0.1) is 0 Å². The molecule has 1 rings (SSSR count). The fraction of sp³-hybridized carbons (Fsp3) is 0.571. The molecule has 0 radical (unpaired) electrons. The standard InChI is InChI=1S/C14H23NO/c1-5-11(2)9-15-10-13-7-6-12(3)8-14(13)16-4/h6-8,11,15H,5,9-10H2,1-4H3. The molecule has 0 heterocycles. The normalized spacial score (nSPS) is 12.5. The highest BCUT2D eigenvalue weighted by atomic mass is 16.5. The number of aryl methyl sites for hydroxylation is 1. The van der Waals surface area contributed by atoms with Crippen LogP contribution in [0, 0.1) is 12.8 Å². The molecule has 1 atom stereocenters. The highest BCUT2D eigenvalue weighted by Crippen LogP contribution is 2.19. The Hall–Kier alpha value is -1.02. The highest BCUT2D eigenvalue weighted by Gasteiger charge is 2.03. The summed E-state index contributed by atoms with van der Waals surface area (Å²) in [7, 11) is 1.73. The molecule has 90 valence electrons. The second kappa shape index (κ2) is 6.54. The lowest BCUT2D eigenvalue weighted by Crippen LogP contribution is -2.20. The fourth-order valence-electron chi connectivity index (χ4n) is 1.60. The van der Waals surface area contributed by atoms with Crippen molar-refractivity contribution in [3.8, 4) is 5.75 Å². The van der Waals surface area contributed by atoms with Gasteiger partial charge in [0, 0.05) is 12.1 Å². The summed E-state index contributed by atoms with van der Waals surface area (Å²) in [4.78, 5) is 0. The first-order valence-electron chi connectivity index (χ1n) is 6.01. The smallest absolute Gasteiger partial charge is 0.123 e. The average molecular weight is 221 g/mol. The lowest BCUT2D eigenvalue weighted by molar-refractivity contribution is 0.405. The van der Waals surface area contributed by atoms with Gasteiger partial charge in [0.25, 0.3) is 0 Å². The lowest BCUT2D eigenvalue weighted by atomic mass is 10.1. The third-order valence-electron chi connectivity index (χ3n) is 2.95. The van der Waals surface area contributed by atoms with Gasteiger partial charge in [0.2, 0.25) is 0 Å². The summed E-state index contributed by atoms with van der Waals surface area (Å²) in [6.07, 6.45) is 1.22. The van der Waals surface area contributed by atoms with Gasteiger partial charge in [0.05, 0.1) is 7.11 Å². The SMILES string of the molecule is CCC(C)CNCc1ccc(C)cc1OC. The Kier molecular flexibility index (Phi) is 5.33. The number of hydrogen-bond acceptors (Lipinski definition) is 2. The molecule has 0 aliphatic carbocycles. The van der Waals surface area contributed by atoms with E-state index in [1.165, 1.54) is 17.5 Å². The summed E-state index contributed by atoms with van der Waals surface area (Å²) >= 11 is 0. The van der Waals surface area contributed by atoms with Gasteiger partial charge in [0.1, 0.15) is 5.75 Å². The van der Waals surface area contributed by atoms with Crippen LogP contribution in [0.4, 0.5) is 0 Å². The first-order valence-corrected chi connectivity index (χ1v) is 6.01. The van der Waals surface area contributed by atoms with Crippen LogP contribution in [0.1, 0.15) is 31.4 Å². The van der Waals surface area contributed by atoms with E-state index in [0.717, 1.165) is 24.8 Å². The molecule has 1 aromatic carbocycles. The van der Waals surface area contributed by atoms with Crippen molar-refractivity contribution >= 4 is 0 Å². The van der Waals surface area contributed by atoms with Gasteiger partial charge in [0.15, 0.2) is 0 Å². The third kappa shape index (κ3) is 3.86. The zero-order valence-electron chi connectivity index (χ0n) is 10.8. The lowest BCUT2D eigenvalue weighted by Gasteiger charge is -2.13. The summed E-state index contributed by atoms with van der Waals surface area (Å²) < 4.78 is 5.37. The van der Waals surface area contributed by atoms with Crippen molar-refractivity contribution < 1.29 is 4.74 Å². The van der Waals surface area contributed by atoms with Crippen molar-refractivity contribution in [2.75, 3.05) is 13.7 Å². The Balaban J connectivity index is 2.53. The van der Waals surface area contributed by atoms with Crippen LogP contribution in [0.5, 0.6) is 5.75 Å². The van der Waals surface area contributed by atoms with E-state index in [1.54, 1.807) is 7.11 Å². The van der Waals surface area contributed by atoms with Gasteiger partial charge in [-0.3, -0.25) is 0 Å². The molecule has 0 spiro atoms. The second-order valence-electron chi connectivity index (χ2n) is 4.46. The molecule has 0 fully saturated rings. The topological polar surface area (TPSA) is 21.3 Å². The van der Waals surface area contributed by atoms with E-state index in [1.807, 2.05) is 0 Å². The Morgan fingerprint density at radius 2 is 2.12 bits per heavy atom. The maximum absolute atomic E-state index is 5.37. The molecule has 16 heavy (non-hydrogen) atoms. The number of rotatable bonds is 6. The Morgan fingerprint density at radius 1 is 1.38 bits per heavy atom. The molecule has 2 heteroatoms. The Morgan fingerprint density at radius 3 is 2.75 bits per heavy atom. The number of nitrogens with one attached hydrogen (secondary N) is 1. The minimum atomic E-state index is 0.733. The molecule has 0 amide bonds. The van der Waals surface area contributed by atoms with Crippen LogP contribution < -0.4 is 10.1 Å². The summed E-state index contributed by atoms with van der Waals surface area (Å²) in [6.45, 7) is 8.51. The maximum Gasteiger partial charge on any atom is 0.123 e. The molecule has 0 aliphatic heterocycles. The molecular formula is C14H23NO. The van der Waals surface area contributed by atoms with Gasteiger partial charge in [-0.1, -0.05) is 32.4 Å². The van der Waals surface area contributed by atoms with Crippen LogP contribution in [0.3, 0.4) is 0 Å². The number of ether oxygens (including phenoxy) is 1. The number of hydrogen-bond donors (Lipinski definition) is 1. The molecule has 0 bridgehead atoms. The first-order chi connectivity index (χ1) is 7.67. The van der Waals surface area contributed by atoms with Crippen molar-refractivity contribution in [1.29, 1.82) is 0 Å². The van der Waals surface area contributed by atoms with E-state index in [0.29, 0.717) is 0 Å². The molecule has 1 N–H and O–H groups in total. The van der Waals surface area contributed by atoms with E-state index in [9.17, 15) is 0 Å². The third-order valence-corrected chi connectivity index (χ3v) is 2.95. The predicted molar refractivity (Wildman–Crippen MR) is 68.9 cm³/mol. The van der Waals surface area contributed by atoms with Crippen molar-refractivity contribution in [2.45, 2.75) is 33.7 Å². The van der Waals surface area contributed by atoms with Crippen LogP contribution in [-0.2, 0) is 6.54 Å². The monoisotopic (exact) mass is 221 g/mol. The van der Waals surface area contributed by atoms with E-state index in [4.69, 9.17) is 4.74 Å². The minimum Gasteiger partial charge on any atom is -0.496 e. The Labute approximate surface area is 99.0 Å². The minimum absolute atomic E-state index is 0.733. The molecule has 0 aliphatic rings. The van der Waals surface area contributed by atoms with Crippen LogP contribution in [0.2, 0.25) is 0 Å². The average Bonchev–Trinajstić information content (AvgIpc) is 2.30. The molecule has 1 aromatic rings. The number of methoxy groups -OCH3 is 1. The van der Waals surface area contributed by atoms with Crippen molar-refractivity contribution in [3.63, 3.8) is 0 Å². The molecular weight excluding hydrogens is 198 g/mol. The number of benzene rings is 1. The van der Waals surface area contributed by atoms with Crippen LogP contribution in [-0.4, -0.2) is 13.7 Å². The van der Waals surface area contributed by atoms with Gasteiger partial charge in [-0.25, -0.2) is 0 Å². The molecule has 0 saturated carbocycles. The Bertz CT molecular complexity index is 323. The van der Waals surface area contributed by atoms with Crippen molar-refractivity contribution in [3.05, 3.63) is 29.3 Å². The van der Waals surface area contributed by atoms with Crippen LogP contribution in [0.25, 0.3) is 0 Å². The van der Waals surface area contributed by atoms with Gasteiger partial charge in [-0.2, -0.15) is 0 Å². The van der Waals surface area contributed by atoms with E-state index >= 15 is 0 Å². The predicted octanol–water partition coefficient (Wildman–Crippen LogP) is 3.14. The maximum atomic E-state index is 5.37. The summed E-state index contributed by atoms with van der Waals surface area (Å²) in [6, 6.07) is 6.35. The highest BCUT2D eigenvalue weighted by molar-refractivity contribution is 5.36. The zero-order valence-corrected chi connectivity index (χ0v) is 10.8. The van der Waals surface area contributed by atoms with E-state index < -0.39 is 0 Å². The van der Waals surface area contributed by atoms with Crippen molar-refractivity contribution in [1.82, 2.24) is 5.32 Å². The second-order valence-corrected chi connectivity index (χ2v) is 4.46. The molecule has 2 nitrogen and oxygen atoms in total. The summed E-state index contributed by atoms with van der Waals surface area (Å²) in [5, 5.41) is 3.47. The molecule has 0 saturated heterocycles. The van der Waals surface area contributed by atoms with Gasteiger partial charge in [-0.05, 0) is 31.0 Å². The molecule has 1 unspecified atom stereocenters. The molecule has 0 aromatic heterocycles. The fourth-order valence-corrected chi connectivity index (χ4v) is 1.60. The van der Waals surface area contributed by atoms with Gasteiger partial charge >= 0.3 is 0 Å². The van der Waals surface area contributed by atoms with E-state index in [2.05, 4.69) is 44.3 Å². The summed E-state index contributed by atoms with van der Waals surface area (Å²) in [5.74, 6) is 1.72. The van der Waals surface area contributed by atoms with Crippen LogP contribution in [0.15, 0.2) is 18.2 Å². The summed E-state index contributed by atoms with van der Waals surface area (Å²) in [5.41, 5.74) is 2.47. The largest absolute Gasteiger partial charge is 0.496 e. The quantitative estimate of drug-likeness (QED) is 0.797.